The molecule has 0 radical (unpaired) electrons. The number of rotatable bonds is 5. The van der Waals surface area contributed by atoms with Gasteiger partial charge in [0.15, 0.2) is 0 Å². The first-order chi connectivity index (χ1) is 10.5. The number of nitro benzene ring substituents is 1. The highest BCUT2D eigenvalue weighted by Gasteiger charge is 2.15. The van der Waals surface area contributed by atoms with Crippen LogP contribution in [0.2, 0.25) is 0 Å². The zero-order chi connectivity index (χ0) is 16.1. The van der Waals surface area contributed by atoms with Crippen molar-refractivity contribution in [3.8, 4) is 5.75 Å². The van der Waals surface area contributed by atoms with Crippen molar-refractivity contribution in [2.75, 3.05) is 7.11 Å². The van der Waals surface area contributed by atoms with E-state index in [1.807, 2.05) is 18.2 Å². The zero-order valence-electron chi connectivity index (χ0n) is 12.3. The fourth-order valence-corrected chi connectivity index (χ4v) is 2.07. The van der Waals surface area contributed by atoms with Crippen LogP contribution in [0.15, 0.2) is 42.5 Å². The van der Waals surface area contributed by atoms with Crippen LogP contribution in [0.5, 0.6) is 5.75 Å². The molecule has 2 aromatic carbocycles. The van der Waals surface area contributed by atoms with Gasteiger partial charge in [-0.05, 0) is 19.1 Å². The highest BCUT2D eigenvalue weighted by atomic mass is 16.6. The second kappa shape index (κ2) is 6.71. The molecular weight excluding hydrogens is 284 g/mol. The minimum atomic E-state index is -0.494. The summed E-state index contributed by atoms with van der Waals surface area (Å²) in [5.74, 6) is 0.312. The topological polar surface area (TPSA) is 81.5 Å². The van der Waals surface area contributed by atoms with Gasteiger partial charge < -0.3 is 10.1 Å². The van der Waals surface area contributed by atoms with E-state index in [9.17, 15) is 14.9 Å². The summed E-state index contributed by atoms with van der Waals surface area (Å²) in [4.78, 5) is 22.6. The van der Waals surface area contributed by atoms with E-state index in [1.165, 1.54) is 6.07 Å². The van der Waals surface area contributed by atoms with Gasteiger partial charge in [0.1, 0.15) is 5.75 Å². The van der Waals surface area contributed by atoms with Crippen molar-refractivity contribution < 1.29 is 14.5 Å². The van der Waals surface area contributed by atoms with Crippen LogP contribution in [-0.2, 0) is 6.54 Å². The Balaban J connectivity index is 2.13. The fraction of sp³-hybridized carbons (Fsp3) is 0.188. The van der Waals surface area contributed by atoms with E-state index in [0.717, 1.165) is 5.56 Å². The first-order valence-electron chi connectivity index (χ1n) is 6.68. The molecule has 0 aliphatic carbocycles. The van der Waals surface area contributed by atoms with Gasteiger partial charge in [0.2, 0.25) is 0 Å². The third-order valence-electron chi connectivity index (χ3n) is 3.30. The van der Waals surface area contributed by atoms with Gasteiger partial charge in [-0.3, -0.25) is 14.9 Å². The van der Waals surface area contributed by atoms with Crippen LogP contribution < -0.4 is 10.1 Å². The molecule has 6 nitrogen and oxygen atoms in total. The standard InChI is InChI=1S/C16H16N2O4/c1-11-7-8-12(9-14(11)18(20)21)16(19)17-10-13-5-3-4-6-15(13)22-2/h3-9H,10H2,1-2H3,(H,17,19). The highest BCUT2D eigenvalue weighted by molar-refractivity contribution is 5.95. The smallest absolute Gasteiger partial charge is 0.273 e. The second-order valence-corrected chi connectivity index (χ2v) is 4.75. The monoisotopic (exact) mass is 300 g/mol. The Bertz CT molecular complexity index is 713. The molecule has 0 aliphatic rings. The number of nitrogens with zero attached hydrogens (tertiary/aromatic N) is 1. The number of benzene rings is 2. The van der Waals surface area contributed by atoms with Crippen molar-refractivity contribution in [3.05, 3.63) is 69.3 Å². The van der Waals surface area contributed by atoms with Crippen LogP contribution in [0, 0.1) is 17.0 Å². The van der Waals surface area contributed by atoms with Crippen LogP contribution in [0.25, 0.3) is 0 Å². The van der Waals surface area contributed by atoms with Gasteiger partial charge in [0.05, 0.1) is 12.0 Å². The number of carbonyl (C=O) groups is 1. The summed E-state index contributed by atoms with van der Waals surface area (Å²) < 4.78 is 5.21. The van der Waals surface area contributed by atoms with E-state index in [1.54, 1.807) is 32.2 Å². The van der Waals surface area contributed by atoms with Crippen molar-refractivity contribution >= 4 is 11.6 Å². The molecule has 2 aromatic rings. The van der Waals surface area contributed by atoms with Gasteiger partial charge >= 0.3 is 0 Å². The number of methoxy groups -OCH3 is 1. The maximum atomic E-state index is 12.1. The average molecular weight is 300 g/mol. The number of para-hydroxylation sites is 1. The summed E-state index contributed by atoms with van der Waals surface area (Å²) in [5, 5.41) is 13.7. The van der Waals surface area contributed by atoms with E-state index >= 15 is 0 Å². The molecule has 6 heteroatoms. The average Bonchev–Trinajstić information content (AvgIpc) is 2.53. The molecule has 0 spiro atoms. The van der Waals surface area contributed by atoms with Crippen LogP contribution >= 0.6 is 0 Å². The van der Waals surface area contributed by atoms with E-state index in [4.69, 9.17) is 4.74 Å². The number of hydrogen-bond donors (Lipinski definition) is 1. The summed E-state index contributed by atoms with van der Waals surface area (Å²) in [6.07, 6.45) is 0. The summed E-state index contributed by atoms with van der Waals surface area (Å²) in [6, 6.07) is 11.8. The molecular formula is C16H16N2O4. The third kappa shape index (κ3) is 3.41. The summed E-state index contributed by atoms with van der Waals surface area (Å²) in [7, 11) is 1.56. The first-order valence-corrected chi connectivity index (χ1v) is 6.68. The molecule has 2 rings (SSSR count). The number of carbonyl (C=O) groups excluding carboxylic acids is 1. The van der Waals surface area contributed by atoms with Gasteiger partial charge in [0, 0.05) is 29.3 Å². The SMILES string of the molecule is COc1ccccc1CNC(=O)c1ccc(C)c([N+](=O)[O-])c1. The molecule has 0 heterocycles. The molecule has 0 saturated heterocycles. The molecule has 0 aromatic heterocycles. The Kier molecular flexibility index (Phi) is 4.73. The van der Waals surface area contributed by atoms with Gasteiger partial charge in [-0.15, -0.1) is 0 Å². The lowest BCUT2D eigenvalue weighted by Gasteiger charge is -2.09. The maximum absolute atomic E-state index is 12.1. The Labute approximate surface area is 127 Å². The van der Waals surface area contributed by atoms with Crippen LogP contribution in [0.4, 0.5) is 5.69 Å². The predicted octanol–water partition coefficient (Wildman–Crippen LogP) is 2.84. The van der Waals surface area contributed by atoms with Gasteiger partial charge in [-0.1, -0.05) is 24.3 Å². The summed E-state index contributed by atoms with van der Waals surface area (Å²) in [6.45, 7) is 1.92. The van der Waals surface area contributed by atoms with Crippen molar-refractivity contribution in [2.24, 2.45) is 0 Å². The number of nitrogens with one attached hydrogen (secondary N) is 1. The second-order valence-electron chi connectivity index (χ2n) is 4.75. The first kappa shape index (κ1) is 15.5. The Hall–Kier alpha value is -2.89. The molecule has 0 saturated carbocycles. The number of aryl methyl sites for hydroxylation is 1. The normalized spacial score (nSPS) is 10.1. The maximum Gasteiger partial charge on any atom is 0.273 e. The van der Waals surface area contributed by atoms with Crippen molar-refractivity contribution in [2.45, 2.75) is 13.5 Å². The Morgan fingerprint density at radius 1 is 1.27 bits per heavy atom. The molecule has 0 aliphatic heterocycles. The molecule has 0 unspecified atom stereocenters. The molecule has 22 heavy (non-hydrogen) atoms. The van der Waals surface area contributed by atoms with E-state index in [2.05, 4.69) is 5.32 Å². The molecule has 114 valence electrons. The van der Waals surface area contributed by atoms with Crippen LogP contribution in [-0.4, -0.2) is 17.9 Å². The Morgan fingerprint density at radius 2 is 2.00 bits per heavy atom. The molecule has 0 bridgehead atoms. The lowest BCUT2D eigenvalue weighted by molar-refractivity contribution is -0.385. The van der Waals surface area contributed by atoms with Gasteiger partial charge in [-0.2, -0.15) is 0 Å². The minimum absolute atomic E-state index is 0.0649. The third-order valence-corrected chi connectivity index (χ3v) is 3.30. The number of ether oxygens (including phenoxy) is 1. The quantitative estimate of drug-likeness (QED) is 0.680. The van der Waals surface area contributed by atoms with Crippen molar-refractivity contribution in [3.63, 3.8) is 0 Å². The minimum Gasteiger partial charge on any atom is -0.496 e. The number of amides is 1. The lowest BCUT2D eigenvalue weighted by Crippen LogP contribution is -2.23. The molecule has 1 amide bonds. The zero-order valence-corrected chi connectivity index (χ0v) is 12.3. The number of nitro groups is 1. The predicted molar refractivity (Wildman–Crippen MR) is 82.0 cm³/mol. The van der Waals surface area contributed by atoms with E-state index in [-0.39, 0.29) is 23.7 Å². The van der Waals surface area contributed by atoms with E-state index < -0.39 is 4.92 Å². The summed E-state index contributed by atoms with van der Waals surface area (Å²) >= 11 is 0. The number of hydrogen-bond acceptors (Lipinski definition) is 4. The fourth-order valence-electron chi connectivity index (χ4n) is 2.07. The molecule has 0 atom stereocenters. The highest BCUT2D eigenvalue weighted by Crippen LogP contribution is 2.20. The molecule has 1 N–H and O–H groups in total. The summed E-state index contributed by atoms with van der Waals surface area (Å²) in [5.41, 5.74) is 1.54. The van der Waals surface area contributed by atoms with Gasteiger partial charge in [0.25, 0.3) is 11.6 Å². The van der Waals surface area contributed by atoms with Crippen LogP contribution in [0.3, 0.4) is 0 Å². The van der Waals surface area contributed by atoms with Gasteiger partial charge in [-0.25, -0.2) is 0 Å². The Morgan fingerprint density at radius 3 is 2.68 bits per heavy atom. The largest absolute Gasteiger partial charge is 0.496 e. The van der Waals surface area contributed by atoms with E-state index in [0.29, 0.717) is 11.3 Å². The lowest BCUT2D eigenvalue weighted by atomic mass is 10.1. The van der Waals surface area contributed by atoms with Crippen LogP contribution in [0.1, 0.15) is 21.5 Å². The van der Waals surface area contributed by atoms with Crippen molar-refractivity contribution in [1.82, 2.24) is 5.32 Å². The van der Waals surface area contributed by atoms with Crippen molar-refractivity contribution in [1.29, 1.82) is 0 Å². The molecule has 0 fully saturated rings.